The van der Waals surface area contributed by atoms with Crippen molar-refractivity contribution >= 4 is 22.8 Å². The molecule has 3 aromatic rings. The third-order valence-corrected chi connectivity index (χ3v) is 9.76. The SMILES string of the molecule is COC(=O)[C@H]1[C@H]2CC3c4[nH]c5cc(OC)ccc5c4CCN3C[C@H]2C[C@@H](OC(=O)c2cc(OC)c(OC)c(OC)c2)[C@@H]1OC. The van der Waals surface area contributed by atoms with E-state index in [1.165, 1.54) is 45.1 Å². The third-order valence-electron chi connectivity index (χ3n) is 9.76. The molecule has 0 spiro atoms. The number of esters is 2. The Kier molecular flexibility index (Phi) is 8.34. The van der Waals surface area contributed by atoms with Crippen LogP contribution < -0.4 is 18.9 Å². The summed E-state index contributed by atoms with van der Waals surface area (Å²) >= 11 is 0. The first-order valence-corrected chi connectivity index (χ1v) is 14.9. The van der Waals surface area contributed by atoms with E-state index in [1.807, 2.05) is 12.1 Å². The first-order valence-electron chi connectivity index (χ1n) is 14.9. The first-order chi connectivity index (χ1) is 21.3. The Labute approximate surface area is 256 Å². The second-order valence-corrected chi connectivity index (χ2v) is 11.7. The summed E-state index contributed by atoms with van der Waals surface area (Å²) in [4.78, 5) is 33.1. The van der Waals surface area contributed by atoms with E-state index in [2.05, 4.69) is 16.0 Å². The minimum Gasteiger partial charge on any atom is -0.497 e. The highest BCUT2D eigenvalue weighted by Gasteiger charge is 2.54. The van der Waals surface area contributed by atoms with Crippen LogP contribution in [0.25, 0.3) is 10.9 Å². The predicted octanol–water partition coefficient (Wildman–Crippen LogP) is 4.17. The number of piperidine rings is 1. The Morgan fingerprint density at radius 3 is 2.30 bits per heavy atom. The standard InChI is InChI=1S/C33H40N2O9/c1-38-19-7-8-20-21-9-10-35-16-18-13-27(44-32(36)17-11-25(39-2)30(41-4)26(12-17)40-3)31(42-5)28(33(37)43-6)22(18)15-24(35)29(21)34-23(20)14-19/h7-8,11-12,14,18,22,24,27-28,31,34H,9-10,13,15-16H2,1-6H3/t18-,22+,24?,27-,28+,31+/m1/s1. The molecule has 6 atom stereocenters. The molecular weight excluding hydrogens is 568 g/mol. The highest BCUT2D eigenvalue weighted by molar-refractivity contribution is 5.91. The zero-order chi connectivity index (χ0) is 31.1. The molecule has 1 aromatic heterocycles. The topological polar surface area (TPSA) is 118 Å². The van der Waals surface area contributed by atoms with E-state index in [9.17, 15) is 9.59 Å². The highest BCUT2D eigenvalue weighted by atomic mass is 16.6. The van der Waals surface area contributed by atoms with Gasteiger partial charge in [0.05, 0.1) is 53.1 Å². The number of benzene rings is 2. The molecular formula is C33H40N2O9. The molecule has 1 unspecified atom stereocenters. The summed E-state index contributed by atoms with van der Waals surface area (Å²) in [6.45, 7) is 1.68. The molecule has 1 N–H and O–H groups in total. The average molecular weight is 609 g/mol. The maximum atomic E-state index is 13.5. The number of carbonyl (C=O) groups is 2. The number of H-pyrrole nitrogens is 1. The van der Waals surface area contributed by atoms with Crippen LogP contribution in [0.1, 0.15) is 40.5 Å². The van der Waals surface area contributed by atoms with Crippen molar-refractivity contribution in [2.24, 2.45) is 17.8 Å². The molecule has 236 valence electrons. The summed E-state index contributed by atoms with van der Waals surface area (Å²) in [5.74, 6) is 0.441. The van der Waals surface area contributed by atoms with Gasteiger partial charge >= 0.3 is 11.9 Å². The number of nitrogens with one attached hydrogen (secondary N) is 1. The minimum atomic E-state index is -0.670. The van der Waals surface area contributed by atoms with Gasteiger partial charge in [-0.1, -0.05) is 0 Å². The lowest BCUT2D eigenvalue weighted by atomic mass is 9.63. The van der Waals surface area contributed by atoms with Gasteiger partial charge in [-0.15, -0.1) is 0 Å². The summed E-state index contributed by atoms with van der Waals surface area (Å²) in [6, 6.07) is 9.40. The molecule has 11 nitrogen and oxygen atoms in total. The molecule has 1 saturated carbocycles. The van der Waals surface area contributed by atoms with Crippen LogP contribution in [0.3, 0.4) is 0 Å². The van der Waals surface area contributed by atoms with E-state index in [1.54, 1.807) is 26.4 Å². The summed E-state index contributed by atoms with van der Waals surface area (Å²) in [6.07, 6.45) is 0.920. The Bertz CT molecular complexity index is 1530. The van der Waals surface area contributed by atoms with Crippen molar-refractivity contribution in [1.29, 1.82) is 0 Å². The van der Waals surface area contributed by atoms with Crippen molar-refractivity contribution in [2.45, 2.75) is 37.5 Å². The van der Waals surface area contributed by atoms with Gasteiger partial charge in [0.25, 0.3) is 0 Å². The number of aromatic amines is 1. The highest BCUT2D eigenvalue weighted by Crippen LogP contribution is 2.51. The van der Waals surface area contributed by atoms with E-state index < -0.39 is 24.1 Å². The minimum absolute atomic E-state index is 0.0170. The van der Waals surface area contributed by atoms with Gasteiger partial charge in [-0.05, 0) is 60.9 Å². The molecule has 44 heavy (non-hydrogen) atoms. The second kappa shape index (κ2) is 12.2. The zero-order valence-corrected chi connectivity index (χ0v) is 26.0. The second-order valence-electron chi connectivity index (χ2n) is 11.7. The number of ether oxygens (including phenoxy) is 7. The quantitative estimate of drug-likeness (QED) is 0.374. The van der Waals surface area contributed by atoms with E-state index in [4.69, 9.17) is 33.2 Å². The lowest BCUT2D eigenvalue weighted by Crippen LogP contribution is -2.58. The first kappa shape index (κ1) is 30.1. The van der Waals surface area contributed by atoms with E-state index >= 15 is 0 Å². The molecule has 0 amide bonds. The lowest BCUT2D eigenvalue weighted by molar-refractivity contribution is -0.176. The van der Waals surface area contributed by atoms with Gasteiger partial charge in [0, 0.05) is 42.9 Å². The van der Waals surface area contributed by atoms with Gasteiger partial charge in [0.15, 0.2) is 11.5 Å². The smallest absolute Gasteiger partial charge is 0.338 e. The normalized spacial score (nSPS) is 26.1. The van der Waals surface area contributed by atoms with Crippen molar-refractivity contribution in [3.63, 3.8) is 0 Å². The summed E-state index contributed by atoms with van der Waals surface area (Å²) in [7, 11) is 9.10. The zero-order valence-electron chi connectivity index (χ0n) is 26.0. The summed E-state index contributed by atoms with van der Waals surface area (Å²) < 4.78 is 39.1. The molecule has 1 saturated heterocycles. The van der Waals surface area contributed by atoms with Crippen LogP contribution in [-0.4, -0.2) is 89.8 Å². The van der Waals surface area contributed by atoms with Crippen LogP contribution in [0.5, 0.6) is 23.0 Å². The fourth-order valence-electron chi connectivity index (χ4n) is 7.76. The predicted molar refractivity (Wildman–Crippen MR) is 161 cm³/mol. The van der Waals surface area contributed by atoms with Crippen LogP contribution in [0.2, 0.25) is 0 Å². The fraction of sp³-hybridized carbons (Fsp3) is 0.515. The number of nitrogens with zero attached hydrogens (tertiary/aromatic N) is 1. The lowest BCUT2D eigenvalue weighted by Gasteiger charge is -2.52. The maximum absolute atomic E-state index is 13.5. The van der Waals surface area contributed by atoms with Crippen LogP contribution in [0, 0.1) is 17.8 Å². The third kappa shape index (κ3) is 5.01. The summed E-state index contributed by atoms with van der Waals surface area (Å²) in [5.41, 5.74) is 3.83. The van der Waals surface area contributed by atoms with E-state index in [0.29, 0.717) is 23.7 Å². The molecule has 3 heterocycles. The Hall–Kier alpha value is -3.96. The van der Waals surface area contributed by atoms with Gasteiger partial charge in [-0.3, -0.25) is 9.69 Å². The van der Waals surface area contributed by atoms with E-state index in [0.717, 1.165) is 37.2 Å². The van der Waals surface area contributed by atoms with Crippen LogP contribution in [-0.2, 0) is 25.4 Å². The fourth-order valence-corrected chi connectivity index (χ4v) is 7.76. The Morgan fingerprint density at radius 2 is 1.66 bits per heavy atom. The van der Waals surface area contributed by atoms with Crippen molar-refractivity contribution in [3.05, 3.63) is 47.2 Å². The summed E-state index contributed by atoms with van der Waals surface area (Å²) in [5, 5.41) is 1.21. The van der Waals surface area contributed by atoms with Crippen LogP contribution >= 0.6 is 0 Å². The Balaban J connectivity index is 1.29. The van der Waals surface area contributed by atoms with Gasteiger partial charge < -0.3 is 38.1 Å². The van der Waals surface area contributed by atoms with Gasteiger partial charge in [-0.2, -0.15) is 0 Å². The van der Waals surface area contributed by atoms with Gasteiger partial charge in [-0.25, -0.2) is 4.79 Å². The molecule has 3 aliphatic rings. The largest absolute Gasteiger partial charge is 0.497 e. The number of hydrogen-bond donors (Lipinski definition) is 1. The molecule has 11 heteroatoms. The number of rotatable bonds is 8. The molecule has 0 bridgehead atoms. The van der Waals surface area contributed by atoms with Gasteiger partial charge in [0.2, 0.25) is 5.75 Å². The van der Waals surface area contributed by atoms with Crippen molar-refractivity contribution in [1.82, 2.24) is 9.88 Å². The number of aromatic nitrogens is 1. The van der Waals surface area contributed by atoms with Crippen LogP contribution in [0.15, 0.2) is 30.3 Å². The number of methoxy groups -OCH3 is 6. The molecule has 2 aliphatic heterocycles. The number of fused-ring (bicyclic) bond motifs is 6. The molecule has 2 fully saturated rings. The van der Waals surface area contributed by atoms with Crippen LogP contribution in [0.4, 0.5) is 0 Å². The molecule has 6 rings (SSSR count). The monoisotopic (exact) mass is 608 g/mol. The van der Waals surface area contributed by atoms with Gasteiger partial charge in [0.1, 0.15) is 18.0 Å². The Morgan fingerprint density at radius 1 is 0.909 bits per heavy atom. The molecule has 1 aliphatic carbocycles. The number of hydrogen-bond acceptors (Lipinski definition) is 10. The van der Waals surface area contributed by atoms with Crippen molar-refractivity contribution in [3.8, 4) is 23.0 Å². The van der Waals surface area contributed by atoms with Crippen molar-refractivity contribution in [2.75, 3.05) is 55.7 Å². The molecule has 2 aromatic carbocycles. The average Bonchev–Trinajstić information content (AvgIpc) is 3.43. The maximum Gasteiger partial charge on any atom is 0.338 e. The molecule has 0 radical (unpaired) electrons. The van der Waals surface area contributed by atoms with E-state index in [-0.39, 0.29) is 29.4 Å². The number of carbonyl (C=O) groups excluding carboxylic acids is 2. The van der Waals surface area contributed by atoms with Crippen molar-refractivity contribution < 1.29 is 42.7 Å².